The molecule has 0 saturated carbocycles. The van der Waals surface area contributed by atoms with Crippen molar-refractivity contribution >= 4 is 39.5 Å². The van der Waals surface area contributed by atoms with Crippen LogP contribution in [0.25, 0.3) is 44.6 Å². The van der Waals surface area contributed by atoms with E-state index in [0.717, 1.165) is 113 Å². The van der Waals surface area contributed by atoms with Gasteiger partial charge in [0.05, 0.1) is 11.4 Å². The van der Waals surface area contributed by atoms with Crippen LogP contribution in [0.4, 0.5) is 0 Å². The Morgan fingerprint density at radius 1 is 0.825 bits per heavy atom. The summed E-state index contributed by atoms with van der Waals surface area (Å²) in [7, 11) is 0. The summed E-state index contributed by atoms with van der Waals surface area (Å²) in [6.45, 7) is 4.77. The Bertz CT molecular complexity index is 1620. The maximum absolute atomic E-state index is 9.00. The molecule has 40 heavy (non-hydrogen) atoms. The molecule has 0 saturated heterocycles. The highest BCUT2D eigenvalue weighted by Crippen LogP contribution is 2.30. The van der Waals surface area contributed by atoms with Crippen LogP contribution in [0, 0.1) is 0 Å². The summed E-state index contributed by atoms with van der Waals surface area (Å²) < 4.78 is 6.20. The third-order valence-electron chi connectivity index (χ3n) is 6.81. The number of aliphatic imine (C=N–C) groups is 2. The number of pyridine rings is 1. The fourth-order valence-electron chi connectivity index (χ4n) is 4.88. The van der Waals surface area contributed by atoms with Gasteiger partial charge in [-0.25, -0.2) is 0 Å². The predicted molar refractivity (Wildman–Crippen MR) is 158 cm³/mol. The fourth-order valence-corrected chi connectivity index (χ4v) is 4.88. The first-order chi connectivity index (χ1) is 19.5. The number of amidine groups is 2. The van der Waals surface area contributed by atoms with Gasteiger partial charge in [0, 0.05) is 72.3 Å². The zero-order chi connectivity index (χ0) is 27.5. The number of rotatable bonds is 4. The number of nitrogens with one attached hydrogen (secondary N) is 3. The molecule has 0 aliphatic carbocycles. The van der Waals surface area contributed by atoms with E-state index in [-0.39, 0.29) is 0 Å². The van der Waals surface area contributed by atoms with Gasteiger partial charge in [-0.3, -0.25) is 19.8 Å². The number of hydrogen-bond acceptors (Lipinski definition) is 7. The maximum atomic E-state index is 9.00. The quantitative estimate of drug-likeness (QED) is 0.251. The molecule has 9 heteroatoms. The second-order valence-electron chi connectivity index (χ2n) is 9.82. The lowest BCUT2D eigenvalue weighted by Crippen LogP contribution is -2.30. The number of aromatic amines is 1. The standard InChI is InChI=1S/C29H26N6O.C2H4O2/c1-9-30-28(31-10-1)20-5-3-18-13-25(35-24(18)14-20)23-8-7-22(17-34-23)27-15-19-4-6-21(16-26(19)36-27)29-32-11-2-12-33-29;1-2(3)4/h3-8,13-17,35H,1-2,9-12H2,(H,30,31)(H,32,33);1H3,(H,3,4). The van der Waals surface area contributed by atoms with Gasteiger partial charge in [-0.1, -0.05) is 24.3 Å². The van der Waals surface area contributed by atoms with E-state index >= 15 is 0 Å². The lowest BCUT2D eigenvalue weighted by molar-refractivity contribution is -0.134. The number of nitrogens with zero attached hydrogens (tertiary/aromatic N) is 3. The Morgan fingerprint density at radius 3 is 2.10 bits per heavy atom. The Morgan fingerprint density at radius 2 is 1.48 bits per heavy atom. The number of aliphatic carboxylic acids is 1. The zero-order valence-corrected chi connectivity index (χ0v) is 22.2. The lowest BCUT2D eigenvalue weighted by Gasteiger charge is -2.14. The van der Waals surface area contributed by atoms with Crippen molar-refractivity contribution in [2.75, 3.05) is 26.2 Å². The number of carbonyl (C=O) groups is 1. The van der Waals surface area contributed by atoms with Crippen LogP contribution in [0.5, 0.6) is 0 Å². The lowest BCUT2D eigenvalue weighted by atomic mass is 10.1. The van der Waals surface area contributed by atoms with Gasteiger partial charge in [-0.05, 0) is 49.2 Å². The minimum absolute atomic E-state index is 0.807. The van der Waals surface area contributed by atoms with E-state index in [1.807, 2.05) is 12.3 Å². The van der Waals surface area contributed by atoms with E-state index in [1.54, 1.807) is 0 Å². The largest absolute Gasteiger partial charge is 0.481 e. The summed E-state index contributed by atoms with van der Waals surface area (Å²) in [5.41, 5.74) is 6.93. The summed E-state index contributed by atoms with van der Waals surface area (Å²) in [4.78, 5) is 26.5. The average Bonchev–Trinajstić information content (AvgIpc) is 3.62. The third-order valence-corrected chi connectivity index (χ3v) is 6.81. The van der Waals surface area contributed by atoms with Gasteiger partial charge in [0.1, 0.15) is 23.0 Å². The second kappa shape index (κ2) is 11.1. The molecule has 5 heterocycles. The highest BCUT2D eigenvalue weighted by molar-refractivity contribution is 6.03. The number of furan rings is 1. The highest BCUT2D eigenvalue weighted by Gasteiger charge is 2.13. The molecule has 0 atom stereocenters. The average molecular weight is 535 g/mol. The van der Waals surface area contributed by atoms with Crippen LogP contribution in [0.15, 0.2) is 81.3 Å². The van der Waals surface area contributed by atoms with Gasteiger partial charge < -0.3 is 25.1 Å². The fraction of sp³-hybridized carbons (Fsp3) is 0.226. The van der Waals surface area contributed by atoms with Crippen LogP contribution in [-0.2, 0) is 4.79 Å². The molecule has 2 aliphatic rings. The van der Waals surface area contributed by atoms with E-state index in [1.165, 1.54) is 0 Å². The maximum Gasteiger partial charge on any atom is 0.300 e. The van der Waals surface area contributed by atoms with Crippen LogP contribution >= 0.6 is 0 Å². The number of fused-ring (bicyclic) bond motifs is 2. The Balaban J connectivity index is 0.000000680. The van der Waals surface area contributed by atoms with Gasteiger partial charge in [0.25, 0.3) is 5.97 Å². The smallest absolute Gasteiger partial charge is 0.300 e. The summed E-state index contributed by atoms with van der Waals surface area (Å²) >= 11 is 0. The number of aromatic nitrogens is 2. The van der Waals surface area contributed by atoms with Crippen LogP contribution in [0.2, 0.25) is 0 Å². The summed E-state index contributed by atoms with van der Waals surface area (Å²) in [5, 5.41) is 16.4. The minimum atomic E-state index is -0.833. The number of carboxylic acids is 1. The van der Waals surface area contributed by atoms with Crippen molar-refractivity contribution in [2.45, 2.75) is 19.8 Å². The van der Waals surface area contributed by atoms with Crippen molar-refractivity contribution in [1.82, 2.24) is 20.6 Å². The van der Waals surface area contributed by atoms with Crippen molar-refractivity contribution in [3.63, 3.8) is 0 Å². The van der Waals surface area contributed by atoms with E-state index in [9.17, 15) is 0 Å². The van der Waals surface area contributed by atoms with Crippen molar-refractivity contribution in [2.24, 2.45) is 9.98 Å². The monoisotopic (exact) mass is 534 g/mol. The van der Waals surface area contributed by atoms with Gasteiger partial charge in [-0.2, -0.15) is 0 Å². The third kappa shape index (κ3) is 5.44. The minimum Gasteiger partial charge on any atom is -0.481 e. The van der Waals surface area contributed by atoms with Crippen molar-refractivity contribution < 1.29 is 14.3 Å². The first-order valence-electron chi connectivity index (χ1n) is 13.4. The molecule has 0 spiro atoms. The van der Waals surface area contributed by atoms with Gasteiger partial charge in [0.2, 0.25) is 0 Å². The van der Waals surface area contributed by atoms with E-state index < -0.39 is 5.97 Å². The molecule has 0 radical (unpaired) electrons. The van der Waals surface area contributed by atoms with Crippen LogP contribution in [0.3, 0.4) is 0 Å². The van der Waals surface area contributed by atoms with E-state index in [2.05, 4.69) is 80.2 Å². The molecule has 202 valence electrons. The van der Waals surface area contributed by atoms with E-state index in [0.29, 0.717) is 0 Å². The van der Waals surface area contributed by atoms with Crippen molar-refractivity contribution in [1.29, 1.82) is 0 Å². The Kier molecular flexibility index (Phi) is 7.01. The summed E-state index contributed by atoms with van der Waals surface area (Å²) in [5.74, 6) is 1.89. The second-order valence-corrected chi connectivity index (χ2v) is 9.82. The molecule has 4 N–H and O–H groups in total. The van der Waals surface area contributed by atoms with Gasteiger partial charge >= 0.3 is 0 Å². The number of carboxylic acid groups (broad SMARTS) is 1. The molecule has 5 aromatic rings. The van der Waals surface area contributed by atoms with E-state index in [4.69, 9.17) is 19.3 Å². The van der Waals surface area contributed by atoms with Gasteiger partial charge in [0.15, 0.2) is 0 Å². The van der Waals surface area contributed by atoms with Gasteiger partial charge in [-0.15, -0.1) is 0 Å². The molecule has 0 bridgehead atoms. The molecule has 0 fully saturated rings. The first kappa shape index (κ1) is 25.4. The molecule has 7 rings (SSSR count). The first-order valence-corrected chi connectivity index (χ1v) is 13.4. The molecule has 0 amide bonds. The molecule has 3 aromatic heterocycles. The molecular formula is C31H30N6O3. The Hall–Kier alpha value is -4.92. The summed E-state index contributed by atoms with van der Waals surface area (Å²) in [6, 6.07) is 21.0. The molecule has 9 nitrogen and oxygen atoms in total. The van der Waals surface area contributed by atoms with Crippen molar-refractivity contribution in [3.8, 4) is 22.7 Å². The number of H-pyrrole nitrogens is 1. The molecule has 2 aliphatic heterocycles. The predicted octanol–water partition coefficient (Wildman–Crippen LogP) is 5.21. The summed E-state index contributed by atoms with van der Waals surface area (Å²) in [6.07, 6.45) is 4.03. The van der Waals surface area contributed by atoms with Crippen molar-refractivity contribution in [3.05, 3.63) is 78.0 Å². The highest BCUT2D eigenvalue weighted by atomic mass is 16.4. The van der Waals surface area contributed by atoms with Crippen LogP contribution in [0.1, 0.15) is 30.9 Å². The Labute approximate surface area is 231 Å². The van der Waals surface area contributed by atoms with Crippen LogP contribution < -0.4 is 10.6 Å². The SMILES string of the molecule is CC(=O)O.c1cc2cc(-c3ccc(-c4cc5ccc(C6=NCCCN6)cc5o4)cn3)[nH]c2cc1C1=NCCCN1. The normalized spacial score (nSPS) is 14.9. The number of hydrogen-bond donors (Lipinski definition) is 4. The molecule has 2 aromatic carbocycles. The molecule has 0 unspecified atom stereocenters. The zero-order valence-electron chi connectivity index (χ0n) is 22.2. The van der Waals surface area contributed by atoms with Crippen LogP contribution in [-0.4, -0.2) is 58.9 Å². The topological polar surface area (TPSA) is 128 Å². The number of benzene rings is 2. The molecular weight excluding hydrogens is 504 g/mol.